The maximum Gasteiger partial charge on any atom is 0.107 e. The van der Waals surface area contributed by atoms with Crippen molar-refractivity contribution in [3.05, 3.63) is 29.3 Å². The Hall–Kier alpha value is -1.05. The summed E-state index contributed by atoms with van der Waals surface area (Å²) in [7, 11) is 1.91. The van der Waals surface area contributed by atoms with Gasteiger partial charge in [0.15, 0.2) is 0 Å². The van der Waals surface area contributed by atoms with Crippen LogP contribution in [0.4, 0.5) is 10.1 Å². The minimum absolute atomic E-state index is 0.302. The summed E-state index contributed by atoms with van der Waals surface area (Å²) in [6, 6.07) is 6.18. The number of anilines is 1. The predicted octanol–water partition coefficient (Wildman–Crippen LogP) is 2.71. The molecule has 0 radical (unpaired) electrons. The second kappa shape index (κ2) is 4.26. The van der Waals surface area contributed by atoms with Crippen LogP contribution in [0.15, 0.2) is 18.2 Å². The molecule has 0 aliphatic carbocycles. The molecule has 0 aromatic heterocycles. The average Bonchev–Trinajstić information content (AvgIpc) is 2.10. The fraction of sp³-hybridized carbons (Fsp3) is 0.455. The number of alkyl halides is 1. The average molecular weight is 181 g/mol. The van der Waals surface area contributed by atoms with E-state index in [1.54, 1.807) is 0 Å². The number of halogens is 1. The van der Waals surface area contributed by atoms with E-state index < -0.39 is 0 Å². The van der Waals surface area contributed by atoms with Crippen LogP contribution in [0.25, 0.3) is 0 Å². The third-order valence-corrected chi connectivity index (χ3v) is 2.35. The number of hydrogen-bond acceptors (Lipinski definition) is 1. The molecule has 0 aliphatic rings. The van der Waals surface area contributed by atoms with E-state index in [1.807, 2.05) is 18.0 Å². The van der Waals surface area contributed by atoms with Crippen molar-refractivity contribution in [3.8, 4) is 0 Å². The number of aryl methyl sites for hydroxylation is 2. The van der Waals surface area contributed by atoms with Crippen molar-refractivity contribution in [1.29, 1.82) is 0 Å². The maximum absolute atomic E-state index is 12.1. The van der Waals surface area contributed by atoms with Gasteiger partial charge in [-0.2, -0.15) is 0 Å². The van der Waals surface area contributed by atoms with Crippen LogP contribution in [0.3, 0.4) is 0 Å². The molecule has 0 heterocycles. The lowest BCUT2D eigenvalue weighted by Gasteiger charge is -2.18. The highest BCUT2D eigenvalue weighted by Crippen LogP contribution is 2.17. The van der Waals surface area contributed by atoms with Gasteiger partial charge < -0.3 is 4.90 Å². The number of rotatable bonds is 3. The first kappa shape index (κ1) is 10.0. The van der Waals surface area contributed by atoms with Crippen molar-refractivity contribution in [2.24, 2.45) is 0 Å². The second-order valence-corrected chi connectivity index (χ2v) is 3.38. The number of nitrogens with zero attached hydrogens (tertiary/aromatic N) is 1. The molecule has 1 rings (SSSR count). The molecule has 1 aromatic carbocycles. The summed E-state index contributed by atoms with van der Waals surface area (Å²) in [6.07, 6.45) is 0. The Morgan fingerprint density at radius 3 is 2.46 bits per heavy atom. The van der Waals surface area contributed by atoms with Crippen molar-refractivity contribution >= 4 is 5.69 Å². The van der Waals surface area contributed by atoms with Gasteiger partial charge in [-0.05, 0) is 37.1 Å². The number of benzene rings is 1. The van der Waals surface area contributed by atoms with Crippen molar-refractivity contribution in [2.75, 3.05) is 25.2 Å². The van der Waals surface area contributed by atoms with Gasteiger partial charge in [0.25, 0.3) is 0 Å². The van der Waals surface area contributed by atoms with Crippen LogP contribution in [0.2, 0.25) is 0 Å². The highest BCUT2D eigenvalue weighted by molar-refractivity contribution is 5.49. The van der Waals surface area contributed by atoms with Gasteiger partial charge in [0.1, 0.15) is 6.67 Å². The van der Waals surface area contributed by atoms with E-state index in [4.69, 9.17) is 0 Å². The van der Waals surface area contributed by atoms with Crippen LogP contribution in [-0.4, -0.2) is 20.3 Å². The molecule has 0 unspecified atom stereocenters. The second-order valence-electron chi connectivity index (χ2n) is 3.38. The summed E-state index contributed by atoms with van der Waals surface area (Å²) in [6.45, 7) is 4.31. The Labute approximate surface area is 79.2 Å². The summed E-state index contributed by atoms with van der Waals surface area (Å²) in [4.78, 5) is 1.92. The van der Waals surface area contributed by atoms with Crippen LogP contribution in [0.1, 0.15) is 11.1 Å². The smallest absolute Gasteiger partial charge is 0.107 e. The predicted molar refractivity (Wildman–Crippen MR) is 55.2 cm³/mol. The Balaban J connectivity index is 2.84. The Morgan fingerprint density at radius 1 is 1.23 bits per heavy atom. The van der Waals surface area contributed by atoms with Crippen LogP contribution in [0, 0.1) is 13.8 Å². The zero-order chi connectivity index (χ0) is 9.84. The fourth-order valence-electron chi connectivity index (χ4n) is 1.22. The molecule has 0 spiro atoms. The van der Waals surface area contributed by atoms with Crippen molar-refractivity contribution in [2.45, 2.75) is 13.8 Å². The topological polar surface area (TPSA) is 3.24 Å². The van der Waals surface area contributed by atoms with E-state index in [0.717, 1.165) is 5.69 Å². The van der Waals surface area contributed by atoms with Gasteiger partial charge in [0.05, 0.1) is 0 Å². The lowest BCUT2D eigenvalue weighted by Crippen LogP contribution is -2.19. The molecule has 1 aromatic rings. The number of hydrogen-bond donors (Lipinski definition) is 0. The van der Waals surface area contributed by atoms with E-state index >= 15 is 0 Å². The third-order valence-electron chi connectivity index (χ3n) is 2.35. The molecule has 13 heavy (non-hydrogen) atoms. The zero-order valence-electron chi connectivity index (χ0n) is 8.47. The van der Waals surface area contributed by atoms with Gasteiger partial charge in [0.2, 0.25) is 0 Å². The van der Waals surface area contributed by atoms with Crippen LogP contribution < -0.4 is 4.90 Å². The molecule has 0 saturated heterocycles. The highest BCUT2D eigenvalue weighted by atomic mass is 19.1. The molecule has 0 amide bonds. The monoisotopic (exact) mass is 181 g/mol. The van der Waals surface area contributed by atoms with Crippen molar-refractivity contribution in [3.63, 3.8) is 0 Å². The van der Waals surface area contributed by atoms with Crippen molar-refractivity contribution in [1.82, 2.24) is 0 Å². The van der Waals surface area contributed by atoms with Crippen LogP contribution in [-0.2, 0) is 0 Å². The molecule has 0 bridgehead atoms. The molecule has 2 heteroatoms. The molecular formula is C11H16FN. The normalized spacial score (nSPS) is 10.2. The quantitative estimate of drug-likeness (QED) is 0.693. The van der Waals surface area contributed by atoms with Crippen molar-refractivity contribution < 1.29 is 4.39 Å². The molecule has 0 N–H and O–H groups in total. The van der Waals surface area contributed by atoms with Gasteiger partial charge in [-0.25, -0.2) is 4.39 Å². The van der Waals surface area contributed by atoms with Crippen LogP contribution in [0.5, 0.6) is 0 Å². The van der Waals surface area contributed by atoms with Gasteiger partial charge in [-0.1, -0.05) is 6.07 Å². The fourth-order valence-corrected chi connectivity index (χ4v) is 1.22. The van der Waals surface area contributed by atoms with E-state index in [9.17, 15) is 4.39 Å². The van der Waals surface area contributed by atoms with Gasteiger partial charge in [0, 0.05) is 19.3 Å². The Morgan fingerprint density at radius 2 is 1.92 bits per heavy atom. The zero-order valence-corrected chi connectivity index (χ0v) is 8.47. The van der Waals surface area contributed by atoms with Gasteiger partial charge >= 0.3 is 0 Å². The van der Waals surface area contributed by atoms with Crippen LogP contribution >= 0.6 is 0 Å². The largest absolute Gasteiger partial charge is 0.372 e. The molecule has 72 valence electrons. The molecule has 0 saturated carbocycles. The maximum atomic E-state index is 12.1. The van der Waals surface area contributed by atoms with E-state index in [1.165, 1.54) is 11.1 Å². The molecule has 1 nitrogen and oxygen atoms in total. The molecule has 0 aliphatic heterocycles. The third kappa shape index (κ3) is 2.44. The first-order valence-electron chi connectivity index (χ1n) is 4.49. The SMILES string of the molecule is Cc1ccc(N(C)CCF)cc1C. The minimum Gasteiger partial charge on any atom is -0.372 e. The summed E-state index contributed by atoms with van der Waals surface area (Å²) < 4.78 is 12.1. The van der Waals surface area contributed by atoms with E-state index in [-0.39, 0.29) is 6.67 Å². The molecule has 0 fully saturated rings. The van der Waals surface area contributed by atoms with Gasteiger partial charge in [-0.3, -0.25) is 0 Å². The summed E-state index contributed by atoms with van der Waals surface area (Å²) >= 11 is 0. The molecular weight excluding hydrogens is 165 g/mol. The van der Waals surface area contributed by atoms with Gasteiger partial charge in [-0.15, -0.1) is 0 Å². The lowest BCUT2D eigenvalue weighted by molar-refractivity contribution is 0.497. The molecule has 0 atom stereocenters. The summed E-state index contributed by atoms with van der Waals surface area (Å²) in [5.41, 5.74) is 3.61. The summed E-state index contributed by atoms with van der Waals surface area (Å²) in [5, 5.41) is 0. The minimum atomic E-state index is -0.302. The standard InChI is InChI=1S/C11H16FN/c1-9-4-5-11(8-10(9)2)13(3)7-6-12/h4-5,8H,6-7H2,1-3H3. The van der Waals surface area contributed by atoms with E-state index in [2.05, 4.69) is 26.0 Å². The Kier molecular flexibility index (Phi) is 3.29. The first-order valence-corrected chi connectivity index (χ1v) is 4.49. The lowest BCUT2D eigenvalue weighted by atomic mass is 10.1. The highest BCUT2D eigenvalue weighted by Gasteiger charge is 2.01. The summed E-state index contributed by atoms with van der Waals surface area (Å²) in [5.74, 6) is 0. The van der Waals surface area contributed by atoms with E-state index in [0.29, 0.717) is 6.54 Å². The first-order chi connectivity index (χ1) is 6.15. The Bertz CT molecular complexity index is 283.